The molecule has 0 saturated carbocycles. The fourth-order valence-electron chi connectivity index (χ4n) is 2.99. The minimum absolute atomic E-state index is 0.0942. The van der Waals surface area contributed by atoms with E-state index in [4.69, 9.17) is 14.2 Å². The highest BCUT2D eigenvalue weighted by Gasteiger charge is 2.38. The SMILES string of the molecule is COc1c(F)cccc1Oc1ccc(C(F)(F)F)cc1C(=O)NC1=CC2OC2NC=C1. The lowest BCUT2D eigenvalue weighted by Gasteiger charge is -2.16. The molecule has 2 aliphatic rings. The van der Waals surface area contributed by atoms with Crippen molar-refractivity contribution in [1.82, 2.24) is 10.6 Å². The molecule has 0 spiro atoms. The highest BCUT2D eigenvalue weighted by molar-refractivity contribution is 5.98. The van der Waals surface area contributed by atoms with Crippen LogP contribution < -0.4 is 20.1 Å². The Morgan fingerprint density at radius 2 is 2.00 bits per heavy atom. The number of para-hydroxylation sites is 1. The van der Waals surface area contributed by atoms with E-state index in [2.05, 4.69) is 10.6 Å². The molecule has 0 radical (unpaired) electrons. The van der Waals surface area contributed by atoms with Crippen LogP contribution in [0, 0.1) is 5.82 Å². The van der Waals surface area contributed by atoms with Gasteiger partial charge in [0, 0.05) is 11.9 Å². The third-order valence-corrected chi connectivity index (χ3v) is 4.56. The minimum atomic E-state index is -4.68. The molecule has 162 valence electrons. The van der Waals surface area contributed by atoms with E-state index < -0.39 is 23.5 Å². The fourth-order valence-corrected chi connectivity index (χ4v) is 2.99. The third-order valence-electron chi connectivity index (χ3n) is 4.56. The van der Waals surface area contributed by atoms with Crippen LogP contribution >= 0.6 is 0 Å². The first-order chi connectivity index (χ1) is 14.8. The molecule has 2 aliphatic heterocycles. The van der Waals surface area contributed by atoms with Crippen LogP contribution in [0.1, 0.15) is 15.9 Å². The zero-order chi connectivity index (χ0) is 22.2. The number of rotatable bonds is 5. The molecular weight excluding hydrogens is 420 g/mol. The molecule has 2 aromatic carbocycles. The fraction of sp³-hybridized carbons (Fsp3) is 0.190. The molecule has 0 aromatic heterocycles. The Morgan fingerprint density at radius 1 is 1.19 bits per heavy atom. The van der Waals surface area contributed by atoms with E-state index in [1.807, 2.05) is 0 Å². The van der Waals surface area contributed by atoms with Gasteiger partial charge in [0.05, 0.1) is 18.2 Å². The summed E-state index contributed by atoms with van der Waals surface area (Å²) in [4.78, 5) is 12.9. The standard InChI is InChI=1S/C21H16F4N2O4/c1-29-18-14(22)3-2-4-16(18)30-15-6-5-11(21(23,24)25)9-13(15)19(28)27-12-7-8-26-20-17(10-12)31-20/h2-10,17,20,26H,1H3,(H,27,28). The van der Waals surface area contributed by atoms with Crippen molar-refractivity contribution in [3.8, 4) is 17.2 Å². The lowest BCUT2D eigenvalue weighted by Crippen LogP contribution is -2.23. The molecule has 4 rings (SSSR count). The number of amides is 1. The number of nitrogens with one attached hydrogen (secondary N) is 2. The van der Waals surface area contributed by atoms with E-state index in [-0.39, 0.29) is 35.1 Å². The maximum Gasteiger partial charge on any atom is 0.416 e. The van der Waals surface area contributed by atoms with Gasteiger partial charge in [-0.15, -0.1) is 0 Å². The van der Waals surface area contributed by atoms with Gasteiger partial charge in [-0.25, -0.2) is 4.39 Å². The number of carbonyl (C=O) groups is 1. The average Bonchev–Trinajstić information content (AvgIpc) is 3.46. The van der Waals surface area contributed by atoms with Gasteiger partial charge in [-0.05, 0) is 42.5 Å². The molecule has 6 nitrogen and oxygen atoms in total. The van der Waals surface area contributed by atoms with Crippen molar-refractivity contribution in [3.05, 3.63) is 77.4 Å². The summed E-state index contributed by atoms with van der Waals surface area (Å²) in [5.41, 5.74) is -1.08. The number of allylic oxidation sites excluding steroid dienone is 1. The summed E-state index contributed by atoms with van der Waals surface area (Å²) in [6.07, 6.45) is -0.382. The molecular formula is C21H16F4N2O4. The van der Waals surface area contributed by atoms with Crippen molar-refractivity contribution in [1.29, 1.82) is 0 Å². The van der Waals surface area contributed by atoms with Gasteiger partial charge >= 0.3 is 6.18 Å². The highest BCUT2D eigenvalue weighted by Crippen LogP contribution is 2.38. The minimum Gasteiger partial charge on any atom is -0.490 e. The normalized spacial score (nSPS) is 19.5. The number of epoxide rings is 1. The van der Waals surface area contributed by atoms with Crippen LogP contribution in [-0.2, 0) is 10.9 Å². The van der Waals surface area contributed by atoms with Crippen LogP contribution in [0.25, 0.3) is 0 Å². The second-order valence-electron chi connectivity index (χ2n) is 6.68. The summed E-state index contributed by atoms with van der Waals surface area (Å²) in [7, 11) is 1.22. The Labute approximate surface area is 174 Å². The molecule has 31 heavy (non-hydrogen) atoms. The number of alkyl halides is 3. The average molecular weight is 436 g/mol. The number of carbonyl (C=O) groups excluding carboxylic acids is 1. The molecule has 2 N–H and O–H groups in total. The number of halogens is 4. The predicted molar refractivity (Wildman–Crippen MR) is 101 cm³/mol. The topological polar surface area (TPSA) is 72.1 Å². The number of ether oxygens (including phenoxy) is 3. The van der Waals surface area contributed by atoms with E-state index in [1.165, 1.54) is 19.2 Å². The number of hydrogen-bond acceptors (Lipinski definition) is 5. The third kappa shape index (κ3) is 4.48. The Kier molecular flexibility index (Phi) is 5.32. The van der Waals surface area contributed by atoms with Crippen LogP contribution in [0.5, 0.6) is 17.2 Å². The zero-order valence-electron chi connectivity index (χ0n) is 16.0. The van der Waals surface area contributed by atoms with Crippen LogP contribution in [0.3, 0.4) is 0 Å². The summed E-state index contributed by atoms with van der Waals surface area (Å²) in [6, 6.07) is 6.30. The molecule has 2 heterocycles. The second-order valence-corrected chi connectivity index (χ2v) is 6.68. The summed E-state index contributed by atoms with van der Waals surface area (Å²) in [5, 5.41) is 5.46. The molecule has 10 heteroatoms. The summed E-state index contributed by atoms with van der Waals surface area (Å²) in [5.74, 6) is -2.11. The maximum absolute atomic E-state index is 14.0. The number of methoxy groups -OCH3 is 1. The molecule has 1 fully saturated rings. The monoisotopic (exact) mass is 436 g/mol. The van der Waals surface area contributed by atoms with E-state index >= 15 is 0 Å². The smallest absolute Gasteiger partial charge is 0.416 e. The molecule has 2 atom stereocenters. The molecule has 1 saturated heterocycles. The van der Waals surface area contributed by atoms with Gasteiger partial charge in [0.2, 0.25) is 0 Å². The molecule has 0 aliphatic carbocycles. The van der Waals surface area contributed by atoms with Gasteiger partial charge in [-0.2, -0.15) is 13.2 Å². The van der Waals surface area contributed by atoms with Gasteiger partial charge in [0.15, 0.2) is 23.5 Å². The Balaban J connectivity index is 1.69. The predicted octanol–water partition coefficient (Wildman–Crippen LogP) is 4.10. The van der Waals surface area contributed by atoms with E-state index in [9.17, 15) is 22.4 Å². The van der Waals surface area contributed by atoms with Crippen molar-refractivity contribution in [2.75, 3.05) is 7.11 Å². The van der Waals surface area contributed by atoms with Crippen molar-refractivity contribution < 1.29 is 36.6 Å². The summed E-state index contributed by atoms with van der Waals surface area (Å²) >= 11 is 0. The van der Waals surface area contributed by atoms with Crippen molar-refractivity contribution in [2.24, 2.45) is 0 Å². The number of benzene rings is 2. The quantitative estimate of drug-likeness (QED) is 0.546. The van der Waals surface area contributed by atoms with Gasteiger partial charge < -0.3 is 24.8 Å². The Bertz CT molecular complexity index is 1080. The Hall–Kier alpha value is -3.53. The van der Waals surface area contributed by atoms with Crippen molar-refractivity contribution in [3.63, 3.8) is 0 Å². The van der Waals surface area contributed by atoms with E-state index in [0.29, 0.717) is 11.8 Å². The van der Waals surface area contributed by atoms with Gasteiger partial charge in [0.1, 0.15) is 11.9 Å². The van der Waals surface area contributed by atoms with Crippen LogP contribution in [-0.4, -0.2) is 25.3 Å². The lowest BCUT2D eigenvalue weighted by molar-refractivity contribution is -0.137. The van der Waals surface area contributed by atoms with Crippen LogP contribution in [0.15, 0.2) is 60.4 Å². The van der Waals surface area contributed by atoms with Crippen molar-refractivity contribution >= 4 is 5.91 Å². The van der Waals surface area contributed by atoms with E-state index in [0.717, 1.165) is 18.2 Å². The lowest BCUT2D eigenvalue weighted by atomic mass is 10.1. The summed E-state index contributed by atoms with van der Waals surface area (Å²) < 4.78 is 69.5. The zero-order valence-corrected chi connectivity index (χ0v) is 16.0. The first-order valence-corrected chi connectivity index (χ1v) is 9.09. The van der Waals surface area contributed by atoms with Crippen LogP contribution in [0.2, 0.25) is 0 Å². The largest absolute Gasteiger partial charge is 0.490 e. The first kappa shape index (κ1) is 20.7. The first-order valence-electron chi connectivity index (χ1n) is 9.09. The van der Waals surface area contributed by atoms with Gasteiger partial charge in [0.25, 0.3) is 5.91 Å². The molecule has 1 amide bonds. The van der Waals surface area contributed by atoms with E-state index in [1.54, 1.807) is 18.4 Å². The summed E-state index contributed by atoms with van der Waals surface area (Å²) in [6.45, 7) is 0. The van der Waals surface area contributed by atoms with Gasteiger partial charge in [-0.3, -0.25) is 4.79 Å². The molecule has 0 bridgehead atoms. The Morgan fingerprint density at radius 3 is 2.74 bits per heavy atom. The number of hydrogen-bond donors (Lipinski definition) is 2. The maximum atomic E-state index is 14.0. The van der Waals surface area contributed by atoms with Crippen LogP contribution in [0.4, 0.5) is 17.6 Å². The highest BCUT2D eigenvalue weighted by atomic mass is 19.4. The molecule has 2 unspecified atom stereocenters. The number of fused-ring (bicyclic) bond motifs is 1. The van der Waals surface area contributed by atoms with Crippen molar-refractivity contribution in [2.45, 2.75) is 18.5 Å². The molecule has 2 aromatic rings. The van der Waals surface area contributed by atoms with Gasteiger partial charge in [-0.1, -0.05) is 6.07 Å². The second kappa shape index (κ2) is 7.95.